The smallest absolute Gasteiger partial charge is 0.171 e. The van der Waals surface area contributed by atoms with E-state index >= 15 is 0 Å². The van der Waals surface area contributed by atoms with E-state index in [4.69, 9.17) is 0 Å². The first-order valence-corrected chi connectivity index (χ1v) is 5.23. The molecule has 0 aromatic heterocycles. The zero-order chi connectivity index (χ0) is 12.3. The van der Waals surface area contributed by atoms with Gasteiger partial charge >= 0.3 is 0 Å². The molecule has 0 heterocycles. The second kappa shape index (κ2) is 4.78. The predicted molar refractivity (Wildman–Crippen MR) is 62.5 cm³/mol. The molecule has 0 atom stereocenters. The number of phenols is 1. The Balaban J connectivity index is 2.24. The zero-order valence-electron chi connectivity index (χ0n) is 9.06. The van der Waals surface area contributed by atoms with E-state index in [0.29, 0.717) is 5.56 Å². The van der Waals surface area contributed by atoms with Crippen LogP contribution in [0.4, 0.5) is 4.39 Å². The first kappa shape index (κ1) is 11.3. The minimum absolute atomic E-state index is 0.0513. The zero-order valence-corrected chi connectivity index (χ0v) is 9.06. The lowest BCUT2D eigenvalue weighted by atomic mass is 10.0. The molecule has 2 nitrogen and oxygen atoms in total. The fourth-order valence-electron chi connectivity index (χ4n) is 1.62. The Hall–Kier alpha value is -2.16. The molecule has 0 fully saturated rings. The molecule has 1 N–H and O–H groups in total. The van der Waals surface area contributed by atoms with Crippen molar-refractivity contribution in [2.75, 3.05) is 0 Å². The van der Waals surface area contributed by atoms with Crippen LogP contribution in [0, 0.1) is 5.82 Å². The fraction of sp³-hybridized carbons (Fsp3) is 0.0714. The molecule has 2 aromatic rings. The number of benzene rings is 2. The minimum atomic E-state index is -0.406. The van der Waals surface area contributed by atoms with Crippen LogP contribution in [0.1, 0.15) is 15.9 Å². The largest absolute Gasteiger partial charge is 0.507 e. The van der Waals surface area contributed by atoms with Gasteiger partial charge in [-0.3, -0.25) is 4.79 Å². The average Bonchev–Trinajstić information content (AvgIpc) is 2.32. The number of carbonyl (C=O) groups excluding carboxylic acids is 1. The molecule has 0 aliphatic rings. The van der Waals surface area contributed by atoms with Crippen LogP contribution in [-0.2, 0) is 6.42 Å². The maximum atomic E-state index is 13.4. The molecule has 17 heavy (non-hydrogen) atoms. The molecule has 3 heteroatoms. The quantitative estimate of drug-likeness (QED) is 0.823. The Morgan fingerprint density at radius 3 is 2.41 bits per heavy atom. The van der Waals surface area contributed by atoms with Gasteiger partial charge in [0.1, 0.15) is 11.6 Å². The number of halogens is 1. The number of carbonyl (C=O) groups is 1. The van der Waals surface area contributed by atoms with Crippen LogP contribution in [0.5, 0.6) is 5.75 Å². The molecule has 86 valence electrons. The van der Waals surface area contributed by atoms with E-state index in [2.05, 4.69) is 0 Å². The summed E-state index contributed by atoms with van der Waals surface area (Å²) >= 11 is 0. The second-order valence-electron chi connectivity index (χ2n) is 3.71. The van der Waals surface area contributed by atoms with Gasteiger partial charge < -0.3 is 5.11 Å². The molecule has 0 spiro atoms. The molecule has 0 aliphatic heterocycles. The van der Waals surface area contributed by atoms with Crippen LogP contribution >= 0.6 is 0 Å². The molecule has 0 aliphatic carbocycles. The SMILES string of the molecule is O=C(Cc1ccccc1F)c1ccccc1O. The number of hydrogen-bond donors (Lipinski definition) is 1. The number of Topliss-reactive ketones (excluding diaryl/α,β-unsaturated/α-hetero) is 1. The summed E-state index contributed by atoms with van der Waals surface area (Å²) in [7, 11) is 0. The first-order valence-electron chi connectivity index (χ1n) is 5.23. The van der Waals surface area contributed by atoms with E-state index in [9.17, 15) is 14.3 Å². The second-order valence-corrected chi connectivity index (χ2v) is 3.71. The number of phenolic OH excluding ortho intramolecular Hbond substituents is 1. The number of para-hydroxylation sites is 1. The third-order valence-corrected chi connectivity index (χ3v) is 2.51. The summed E-state index contributed by atoms with van der Waals surface area (Å²) in [6.45, 7) is 0. The predicted octanol–water partition coefficient (Wildman–Crippen LogP) is 2.96. The van der Waals surface area contributed by atoms with Crippen molar-refractivity contribution in [2.45, 2.75) is 6.42 Å². The van der Waals surface area contributed by atoms with Gasteiger partial charge in [-0.25, -0.2) is 4.39 Å². The normalized spacial score (nSPS) is 10.2. The lowest BCUT2D eigenvalue weighted by Crippen LogP contribution is -2.05. The van der Waals surface area contributed by atoms with Gasteiger partial charge in [0, 0.05) is 6.42 Å². The highest BCUT2D eigenvalue weighted by Gasteiger charge is 2.12. The van der Waals surface area contributed by atoms with E-state index < -0.39 is 5.82 Å². The van der Waals surface area contributed by atoms with Crippen LogP contribution < -0.4 is 0 Å². The highest BCUT2D eigenvalue weighted by atomic mass is 19.1. The van der Waals surface area contributed by atoms with Crippen molar-refractivity contribution in [3.05, 3.63) is 65.5 Å². The van der Waals surface area contributed by atoms with Crippen molar-refractivity contribution in [1.82, 2.24) is 0 Å². The molecule has 0 saturated carbocycles. The Morgan fingerprint density at radius 1 is 1.06 bits per heavy atom. The molecule has 0 radical (unpaired) electrons. The van der Waals surface area contributed by atoms with Crippen molar-refractivity contribution in [1.29, 1.82) is 0 Å². The Morgan fingerprint density at radius 2 is 1.71 bits per heavy atom. The highest BCUT2D eigenvalue weighted by molar-refractivity contribution is 5.99. The van der Waals surface area contributed by atoms with Crippen molar-refractivity contribution in [3.8, 4) is 5.75 Å². The monoisotopic (exact) mass is 230 g/mol. The Kier molecular flexibility index (Phi) is 3.19. The summed E-state index contributed by atoms with van der Waals surface area (Å²) in [5.41, 5.74) is 0.552. The van der Waals surface area contributed by atoms with Gasteiger partial charge in [-0.15, -0.1) is 0 Å². The van der Waals surface area contributed by atoms with Gasteiger partial charge in [0.05, 0.1) is 5.56 Å². The summed E-state index contributed by atoms with van der Waals surface area (Å²) < 4.78 is 13.4. The maximum absolute atomic E-state index is 13.4. The van der Waals surface area contributed by atoms with Crippen LogP contribution in [-0.4, -0.2) is 10.9 Å². The van der Waals surface area contributed by atoms with E-state index in [0.717, 1.165) is 0 Å². The van der Waals surface area contributed by atoms with Gasteiger partial charge in [-0.2, -0.15) is 0 Å². The van der Waals surface area contributed by atoms with Crippen molar-refractivity contribution < 1.29 is 14.3 Å². The molecule has 2 aromatic carbocycles. The van der Waals surface area contributed by atoms with Crippen molar-refractivity contribution >= 4 is 5.78 Å². The molecule has 2 rings (SSSR count). The Bertz CT molecular complexity index is 549. The Labute approximate surface area is 98.3 Å². The summed E-state index contributed by atoms with van der Waals surface area (Å²) in [5.74, 6) is -0.779. The van der Waals surface area contributed by atoms with E-state index in [1.54, 1.807) is 30.3 Å². The minimum Gasteiger partial charge on any atom is -0.507 e. The molecular weight excluding hydrogens is 219 g/mol. The molecule has 0 unspecified atom stereocenters. The third kappa shape index (κ3) is 2.50. The van der Waals surface area contributed by atoms with Gasteiger partial charge in [-0.05, 0) is 23.8 Å². The molecule has 0 amide bonds. The van der Waals surface area contributed by atoms with Crippen LogP contribution in [0.15, 0.2) is 48.5 Å². The average molecular weight is 230 g/mol. The molecule has 0 saturated heterocycles. The van der Waals surface area contributed by atoms with Gasteiger partial charge in [0.15, 0.2) is 5.78 Å². The summed E-state index contributed by atoms with van der Waals surface area (Å²) in [5, 5.41) is 9.51. The highest BCUT2D eigenvalue weighted by Crippen LogP contribution is 2.18. The molecule has 0 bridgehead atoms. The third-order valence-electron chi connectivity index (χ3n) is 2.51. The number of rotatable bonds is 3. The van der Waals surface area contributed by atoms with E-state index in [-0.39, 0.29) is 23.5 Å². The van der Waals surface area contributed by atoms with Crippen LogP contribution in [0.3, 0.4) is 0 Å². The van der Waals surface area contributed by atoms with E-state index in [1.165, 1.54) is 18.2 Å². The standard InChI is InChI=1S/C14H11FO2/c15-12-7-3-1-5-10(12)9-14(17)11-6-2-4-8-13(11)16/h1-8,16H,9H2. The van der Waals surface area contributed by atoms with E-state index in [1.807, 2.05) is 0 Å². The number of aromatic hydroxyl groups is 1. The topological polar surface area (TPSA) is 37.3 Å². The van der Waals surface area contributed by atoms with Crippen LogP contribution in [0.25, 0.3) is 0 Å². The lowest BCUT2D eigenvalue weighted by molar-refractivity contribution is 0.0989. The number of ketones is 1. The van der Waals surface area contributed by atoms with Gasteiger partial charge in [0.2, 0.25) is 0 Å². The van der Waals surface area contributed by atoms with Gasteiger partial charge in [0.25, 0.3) is 0 Å². The van der Waals surface area contributed by atoms with Crippen LogP contribution in [0.2, 0.25) is 0 Å². The number of hydrogen-bond acceptors (Lipinski definition) is 2. The maximum Gasteiger partial charge on any atom is 0.171 e. The summed E-state index contributed by atoms with van der Waals surface area (Å²) in [4.78, 5) is 11.9. The fourth-order valence-corrected chi connectivity index (χ4v) is 1.62. The molecular formula is C14H11FO2. The first-order chi connectivity index (χ1) is 8.18. The van der Waals surface area contributed by atoms with Crippen molar-refractivity contribution in [2.24, 2.45) is 0 Å². The lowest BCUT2D eigenvalue weighted by Gasteiger charge is -2.04. The summed E-state index contributed by atoms with van der Waals surface area (Å²) in [6.07, 6.45) is -0.0513. The van der Waals surface area contributed by atoms with Crippen molar-refractivity contribution in [3.63, 3.8) is 0 Å². The summed E-state index contributed by atoms with van der Waals surface area (Å²) in [6, 6.07) is 12.4. The van der Waals surface area contributed by atoms with Gasteiger partial charge in [-0.1, -0.05) is 30.3 Å².